The molecule has 1 N–H and O–H groups in total. The molecule has 2 aromatic carbocycles. The van der Waals surface area contributed by atoms with Gasteiger partial charge in [0, 0.05) is 18.7 Å². The van der Waals surface area contributed by atoms with Crippen molar-refractivity contribution in [1.82, 2.24) is 25.0 Å². The van der Waals surface area contributed by atoms with Gasteiger partial charge in [-0.1, -0.05) is 42.5 Å². The first-order chi connectivity index (χ1) is 13.7. The fourth-order valence-corrected chi connectivity index (χ4v) is 3.53. The molecule has 144 valence electrons. The van der Waals surface area contributed by atoms with Crippen LogP contribution in [-0.4, -0.2) is 51.8 Å². The van der Waals surface area contributed by atoms with Crippen LogP contribution in [0.25, 0.3) is 17.1 Å². The van der Waals surface area contributed by atoms with Gasteiger partial charge in [-0.25, -0.2) is 9.67 Å². The van der Waals surface area contributed by atoms with Gasteiger partial charge in [0.05, 0.1) is 5.69 Å². The Balaban J connectivity index is 1.58. The molecule has 1 saturated heterocycles. The Morgan fingerprint density at radius 2 is 1.86 bits per heavy atom. The van der Waals surface area contributed by atoms with Gasteiger partial charge in [-0.15, -0.1) is 5.10 Å². The molecule has 3 aromatic rings. The number of aryl methyl sites for hydroxylation is 1. The fraction of sp³-hybridized carbons (Fsp3) is 0.318. The van der Waals surface area contributed by atoms with E-state index in [0.29, 0.717) is 12.4 Å². The van der Waals surface area contributed by atoms with Crippen molar-refractivity contribution in [2.24, 2.45) is 0 Å². The van der Waals surface area contributed by atoms with E-state index >= 15 is 0 Å². The Labute approximate surface area is 165 Å². The van der Waals surface area contributed by atoms with Crippen molar-refractivity contribution in [2.45, 2.75) is 19.8 Å². The van der Waals surface area contributed by atoms with Crippen LogP contribution in [0, 0.1) is 6.92 Å². The molecule has 1 aliphatic rings. The molecule has 1 amide bonds. The van der Waals surface area contributed by atoms with Gasteiger partial charge in [0.1, 0.15) is 0 Å². The predicted octanol–water partition coefficient (Wildman–Crippen LogP) is 3.07. The molecular weight excluding hydrogens is 350 g/mol. The highest BCUT2D eigenvalue weighted by Gasteiger charge is 2.19. The monoisotopic (exact) mass is 375 g/mol. The number of nitrogens with zero attached hydrogens (tertiary/aromatic N) is 4. The van der Waals surface area contributed by atoms with Crippen molar-refractivity contribution in [3.8, 4) is 17.1 Å². The molecule has 0 unspecified atom stereocenters. The highest BCUT2D eigenvalue weighted by molar-refractivity contribution is 5.91. The number of rotatable bonds is 6. The molecule has 28 heavy (non-hydrogen) atoms. The van der Waals surface area contributed by atoms with E-state index < -0.39 is 0 Å². The molecule has 1 aromatic heterocycles. The van der Waals surface area contributed by atoms with Gasteiger partial charge in [-0.2, -0.15) is 0 Å². The Hall–Kier alpha value is -2.99. The zero-order valence-corrected chi connectivity index (χ0v) is 16.1. The minimum Gasteiger partial charge on any atom is -0.348 e. The van der Waals surface area contributed by atoms with Crippen LogP contribution in [0.15, 0.2) is 54.6 Å². The zero-order chi connectivity index (χ0) is 19.3. The maximum absolute atomic E-state index is 12.6. The van der Waals surface area contributed by atoms with Crippen molar-refractivity contribution in [3.05, 3.63) is 66.0 Å². The molecule has 0 atom stereocenters. The maximum Gasteiger partial charge on any atom is 0.291 e. The lowest BCUT2D eigenvalue weighted by Crippen LogP contribution is -2.34. The predicted molar refractivity (Wildman–Crippen MR) is 110 cm³/mol. The van der Waals surface area contributed by atoms with Crippen molar-refractivity contribution in [2.75, 3.05) is 26.2 Å². The van der Waals surface area contributed by atoms with Gasteiger partial charge >= 0.3 is 0 Å². The minimum atomic E-state index is -0.234. The Bertz CT molecular complexity index is 945. The van der Waals surface area contributed by atoms with Gasteiger partial charge in [0.2, 0.25) is 5.82 Å². The van der Waals surface area contributed by atoms with Gasteiger partial charge in [0.15, 0.2) is 5.82 Å². The van der Waals surface area contributed by atoms with Crippen molar-refractivity contribution >= 4 is 5.91 Å². The van der Waals surface area contributed by atoms with Gasteiger partial charge in [-0.3, -0.25) is 4.79 Å². The summed E-state index contributed by atoms with van der Waals surface area (Å²) in [6, 6.07) is 17.9. The molecule has 0 radical (unpaired) electrons. The molecule has 1 fully saturated rings. The molecular formula is C22H25N5O. The van der Waals surface area contributed by atoms with E-state index in [1.165, 1.54) is 12.8 Å². The third kappa shape index (κ3) is 4.12. The van der Waals surface area contributed by atoms with Crippen molar-refractivity contribution in [1.29, 1.82) is 0 Å². The standard InChI is InChI=1S/C22H25N5O/c1-17-8-7-11-19(16-17)27-21(18-9-3-2-4-10-18)24-20(25-27)22(28)23-12-15-26-13-5-6-14-26/h2-4,7-11,16H,5-6,12-15H2,1H3,(H,23,28). The van der Waals surface area contributed by atoms with Crippen LogP contribution in [-0.2, 0) is 0 Å². The number of hydrogen-bond acceptors (Lipinski definition) is 4. The molecule has 4 rings (SSSR count). The van der Waals surface area contributed by atoms with Gasteiger partial charge in [-0.05, 0) is 50.6 Å². The van der Waals surface area contributed by atoms with E-state index in [1.54, 1.807) is 4.68 Å². The summed E-state index contributed by atoms with van der Waals surface area (Å²) in [5.41, 5.74) is 2.94. The number of amides is 1. The summed E-state index contributed by atoms with van der Waals surface area (Å²) in [6.07, 6.45) is 2.49. The van der Waals surface area contributed by atoms with E-state index in [0.717, 1.165) is 36.4 Å². The van der Waals surface area contributed by atoms with Crippen molar-refractivity contribution < 1.29 is 4.79 Å². The summed E-state index contributed by atoms with van der Waals surface area (Å²) < 4.78 is 1.75. The number of carbonyl (C=O) groups is 1. The highest BCUT2D eigenvalue weighted by atomic mass is 16.2. The summed E-state index contributed by atoms with van der Waals surface area (Å²) in [6.45, 7) is 5.76. The van der Waals surface area contributed by atoms with E-state index in [-0.39, 0.29) is 11.7 Å². The van der Waals surface area contributed by atoms with Crippen LogP contribution in [0.4, 0.5) is 0 Å². The first-order valence-corrected chi connectivity index (χ1v) is 9.81. The average Bonchev–Trinajstić information content (AvgIpc) is 3.39. The average molecular weight is 375 g/mol. The van der Waals surface area contributed by atoms with E-state index in [9.17, 15) is 4.79 Å². The third-order valence-corrected chi connectivity index (χ3v) is 5.00. The second-order valence-corrected chi connectivity index (χ2v) is 7.18. The molecule has 0 saturated carbocycles. The Morgan fingerprint density at radius 3 is 2.61 bits per heavy atom. The van der Waals surface area contributed by atoms with Gasteiger partial charge in [0.25, 0.3) is 5.91 Å². The maximum atomic E-state index is 12.6. The lowest BCUT2D eigenvalue weighted by molar-refractivity contribution is 0.0939. The summed E-state index contributed by atoms with van der Waals surface area (Å²) in [5, 5.41) is 7.49. The quantitative estimate of drug-likeness (QED) is 0.719. The highest BCUT2D eigenvalue weighted by Crippen LogP contribution is 2.21. The number of benzene rings is 2. The zero-order valence-electron chi connectivity index (χ0n) is 16.1. The van der Waals surface area contributed by atoms with Crippen LogP contribution >= 0.6 is 0 Å². The van der Waals surface area contributed by atoms with Crippen LogP contribution in [0.1, 0.15) is 29.0 Å². The molecule has 6 heteroatoms. The van der Waals surface area contributed by atoms with E-state index in [1.807, 2.05) is 61.5 Å². The smallest absolute Gasteiger partial charge is 0.291 e. The van der Waals surface area contributed by atoms with Crippen LogP contribution in [0.5, 0.6) is 0 Å². The van der Waals surface area contributed by atoms with Crippen LogP contribution in [0.2, 0.25) is 0 Å². The number of hydrogen-bond donors (Lipinski definition) is 1. The molecule has 1 aliphatic heterocycles. The Kier molecular flexibility index (Phi) is 5.48. The summed E-state index contributed by atoms with van der Waals surface area (Å²) >= 11 is 0. The second-order valence-electron chi connectivity index (χ2n) is 7.18. The van der Waals surface area contributed by atoms with E-state index in [4.69, 9.17) is 0 Å². The minimum absolute atomic E-state index is 0.196. The summed E-state index contributed by atoms with van der Waals surface area (Å²) in [5.74, 6) is 0.625. The number of aromatic nitrogens is 3. The lowest BCUT2D eigenvalue weighted by Gasteiger charge is -2.13. The Morgan fingerprint density at radius 1 is 1.07 bits per heavy atom. The first-order valence-electron chi connectivity index (χ1n) is 9.81. The summed E-state index contributed by atoms with van der Waals surface area (Å²) in [7, 11) is 0. The number of carbonyl (C=O) groups excluding carboxylic acids is 1. The van der Waals surface area contributed by atoms with E-state index in [2.05, 4.69) is 20.3 Å². The SMILES string of the molecule is Cc1cccc(-n2nc(C(=O)NCCN3CCCC3)nc2-c2ccccc2)c1. The molecule has 0 bridgehead atoms. The van der Waals surface area contributed by atoms with Crippen LogP contribution in [0.3, 0.4) is 0 Å². The normalized spacial score (nSPS) is 14.3. The topological polar surface area (TPSA) is 63.1 Å². The lowest BCUT2D eigenvalue weighted by atomic mass is 10.2. The van der Waals surface area contributed by atoms with Gasteiger partial charge < -0.3 is 10.2 Å². The molecule has 0 aliphatic carbocycles. The second kappa shape index (κ2) is 8.35. The fourth-order valence-electron chi connectivity index (χ4n) is 3.53. The number of likely N-dealkylation sites (tertiary alicyclic amines) is 1. The van der Waals surface area contributed by atoms with Crippen molar-refractivity contribution in [3.63, 3.8) is 0 Å². The molecule has 6 nitrogen and oxygen atoms in total. The molecule has 0 spiro atoms. The third-order valence-electron chi connectivity index (χ3n) is 5.00. The van der Waals surface area contributed by atoms with Crippen LogP contribution < -0.4 is 5.32 Å². The number of nitrogens with one attached hydrogen (secondary N) is 1. The largest absolute Gasteiger partial charge is 0.348 e. The first kappa shape index (κ1) is 18.4. The summed E-state index contributed by atoms with van der Waals surface area (Å²) in [4.78, 5) is 19.6. The molecule has 2 heterocycles.